The molecule has 1 saturated heterocycles. The number of ether oxygens (including phenoxy) is 1. The van der Waals surface area contributed by atoms with Crippen LogP contribution in [0.5, 0.6) is 0 Å². The summed E-state index contributed by atoms with van der Waals surface area (Å²) in [6.45, 7) is 7.79. The van der Waals surface area contributed by atoms with Crippen molar-refractivity contribution in [2.24, 2.45) is 4.99 Å². The Morgan fingerprint density at radius 3 is 2.78 bits per heavy atom. The van der Waals surface area contributed by atoms with Crippen molar-refractivity contribution < 1.29 is 9.53 Å². The van der Waals surface area contributed by atoms with Crippen molar-refractivity contribution in [2.75, 3.05) is 51.3 Å². The molecule has 0 unspecified atom stereocenters. The third-order valence-corrected chi connectivity index (χ3v) is 4.39. The van der Waals surface area contributed by atoms with Crippen molar-refractivity contribution >= 4 is 17.7 Å². The topological polar surface area (TPSA) is 90.9 Å². The van der Waals surface area contributed by atoms with Gasteiger partial charge in [0.1, 0.15) is 12.4 Å². The predicted octanol–water partition coefficient (Wildman–Crippen LogP) is 0.677. The van der Waals surface area contributed by atoms with Gasteiger partial charge in [-0.1, -0.05) is 6.07 Å². The van der Waals surface area contributed by atoms with Crippen molar-refractivity contribution in [2.45, 2.75) is 32.7 Å². The number of nitrogens with one attached hydrogen (secondary N) is 3. The zero-order valence-corrected chi connectivity index (χ0v) is 16.6. The van der Waals surface area contributed by atoms with Gasteiger partial charge in [-0.2, -0.15) is 0 Å². The average Bonchev–Trinajstić information content (AvgIpc) is 2.67. The van der Waals surface area contributed by atoms with E-state index in [1.165, 1.54) is 0 Å². The highest BCUT2D eigenvalue weighted by atomic mass is 16.5. The number of aromatic nitrogens is 1. The molecule has 8 nitrogen and oxygen atoms in total. The van der Waals surface area contributed by atoms with Gasteiger partial charge < -0.3 is 25.6 Å². The highest BCUT2D eigenvalue weighted by molar-refractivity contribution is 5.85. The van der Waals surface area contributed by atoms with E-state index in [1.807, 2.05) is 19.9 Å². The zero-order chi connectivity index (χ0) is 19.5. The fourth-order valence-corrected chi connectivity index (χ4v) is 2.97. The second-order valence-electron chi connectivity index (χ2n) is 6.58. The molecule has 1 amide bonds. The number of carbonyl (C=O) groups is 1. The van der Waals surface area contributed by atoms with E-state index in [9.17, 15) is 4.79 Å². The maximum absolute atomic E-state index is 11.8. The fourth-order valence-electron chi connectivity index (χ4n) is 2.97. The van der Waals surface area contributed by atoms with E-state index in [0.29, 0.717) is 25.2 Å². The Morgan fingerprint density at radius 2 is 2.11 bits per heavy atom. The number of rotatable bonds is 8. The van der Waals surface area contributed by atoms with Gasteiger partial charge in [0.2, 0.25) is 5.91 Å². The molecule has 1 aromatic rings. The van der Waals surface area contributed by atoms with Crippen LogP contribution in [0.2, 0.25) is 0 Å². The van der Waals surface area contributed by atoms with Crippen molar-refractivity contribution in [3.8, 4) is 0 Å². The summed E-state index contributed by atoms with van der Waals surface area (Å²) in [7, 11) is 1.61. The lowest BCUT2D eigenvalue weighted by atomic mass is 10.1. The van der Waals surface area contributed by atoms with Crippen LogP contribution in [0.15, 0.2) is 23.2 Å². The van der Waals surface area contributed by atoms with Gasteiger partial charge in [0, 0.05) is 45.0 Å². The molecule has 0 bridgehead atoms. The molecule has 27 heavy (non-hydrogen) atoms. The molecule has 0 radical (unpaired) electrons. The summed E-state index contributed by atoms with van der Waals surface area (Å²) in [4.78, 5) is 23.1. The lowest BCUT2D eigenvalue weighted by Gasteiger charge is -2.34. The highest BCUT2D eigenvalue weighted by Gasteiger charge is 2.21. The number of methoxy groups -OCH3 is 1. The Balaban J connectivity index is 1.81. The van der Waals surface area contributed by atoms with Crippen LogP contribution in [0.1, 0.15) is 25.5 Å². The van der Waals surface area contributed by atoms with Crippen LogP contribution < -0.4 is 20.9 Å². The number of carbonyl (C=O) groups excluding carboxylic acids is 1. The third kappa shape index (κ3) is 7.42. The standard InChI is InChI=1S/C19H32N6O2/c1-4-20-19(22-14-18(26)21-10-13-27-3)24-16-8-11-25(12-9-16)17-7-5-6-15(2)23-17/h5-7,16H,4,8-14H2,1-3H3,(H,21,26)(H2,20,22,24). The number of anilines is 1. The lowest BCUT2D eigenvalue weighted by Crippen LogP contribution is -2.49. The average molecular weight is 377 g/mol. The summed E-state index contributed by atoms with van der Waals surface area (Å²) >= 11 is 0. The van der Waals surface area contributed by atoms with Crippen molar-refractivity contribution in [3.05, 3.63) is 23.9 Å². The first-order valence-corrected chi connectivity index (χ1v) is 9.61. The monoisotopic (exact) mass is 376 g/mol. The molecule has 3 N–H and O–H groups in total. The van der Waals surface area contributed by atoms with E-state index in [4.69, 9.17) is 4.74 Å². The maximum Gasteiger partial charge on any atom is 0.241 e. The van der Waals surface area contributed by atoms with Crippen molar-refractivity contribution in [1.82, 2.24) is 20.9 Å². The number of hydrogen-bond acceptors (Lipinski definition) is 5. The van der Waals surface area contributed by atoms with Gasteiger partial charge in [0.15, 0.2) is 5.96 Å². The Kier molecular flexibility index (Phi) is 8.83. The SMILES string of the molecule is CCNC(=NCC(=O)NCCOC)NC1CCN(c2cccc(C)n2)CC1. The number of hydrogen-bond donors (Lipinski definition) is 3. The van der Waals surface area contributed by atoms with Gasteiger partial charge in [-0.15, -0.1) is 0 Å². The second-order valence-corrected chi connectivity index (χ2v) is 6.58. The van der Waals surface area contributed by atoms with Crippen LogP contribution in [0.4, 0.5) is 5.82 Å². The molecule has 150 valence electrons. The number of piperidine rings is 1. The third-order valence-electron chi connectivity index (χ3n) is 4.39. The predicted molar refractivity (Wildman–Crippen MR) is 108 cm³/mol. The fraction of sp³-hybridized carbons (Fsp3) is 0.632. The zero-order valence-electron chi connectivity index (χ0n) is 16.6. The molecule has 0 spiro atoms. The van der Waals surface area contributed by atoms with Crippen LogP contribution in [0.25, 0.3) is 0 Å². The van der Waals surface area contributed by atoms with E-state index in [0.717, 1.165) is 44.0 Å². The Labute approximate surface area is 161 Å². The van der Waals surface area contributed by atoms with E-state index in [1.54, 1.807) is 7.11 Å². The quantitative estimate of drug-likeness (QED) is 0.351. The summed E-state index contributed by atoms with van der Waals surface area (Å²) in [5, 5.41) is 9.43. The van der Waals surface area contributed by atoms with E-state index in [-0.39, 0.29) is 12.5 Å². The Hall–Kier alpha value is -2.35. The van der Waals surface area contributed by atoms with Crippen LogP contribution in [-0.2, 0) is 9.53 Å². The second kappa shape index (κ2) is 11.4. The Morgan fingerprint density at radius 1 is 1.33 bits per heavy atom. The van der Waals surface area contributed by atoms with Crippen LogP contribution in [0.3, 0.4) is 0 Å². The van der Waals surface area contributed by atoms with Crippen molar-refractivity contribution in [1.29, 1.82) is 0 Å². The molecule has 1 aliphatic rings. The molecular formula is C19H32N6O2. The van der Waals surface area contributed by atoms with Crippen LogP contribution in [0, 0.1) is 6.92 Å². The lowest BCUT2D eigenvalue weighted by molar-refractivity contribution is -0.119. The molecular weight excluding hydrogens is 344 g/mol. The number of pyridine rings is 1. The molecule has 0 aliphatic carbocycles. The highest BCUT2D eigenvalue weighted by Crippen LogP contribution is 2.18. The number of guanidine groups is 1. The number of aryl methyl sites for hydroxylation is 1. The summed E-state index contributed by atoms with van der Waals surface area (Å²) < 4.78 is 4.92. The molecule has 2 rings (SSSR count). The molecule has 0 aromatic carbocycles. The van der Waals surface area contributed by atoms with Crippen LogP contribution >= 0.6 is 0 Å². The summed E-state index contributed by atoms with van der Waals surface area (Å²) in [5.41, 5.74) is 1.04. The van der Waals surface area contributed by atoms with Gasteiger partial charge in [-0.25, -0.2) is 9.98 Å². The van der Waals surface area contributed by atoms with Gasteiger partial charge >= 0.3 is 0 Å². The first-order valence-electron chi connectivity index (χ1n) is 9.61. The first kappa shape index (κ1) is 21.0. The molecule has 1 fully saturated rings. The smallest absolute Gasteiger partial charge is 0.241 e. The van der Waals surface area contributed by atoms with E-state index < -0.39 is 0 Å². The first-order chi connectivity index (χ1) is 13.1. The van der Waals surface area contributed by atoms with E-state index in [2.05, 4.69) is 43.0 Å². The van der Waals surface area contributed by atoms with Crippen LogP contribution in [-0.4, -0.2) is 69.3 Å². The molecule has 8 heteroatoms. The van der Waals surface area contributed by atoms with Gasteiger partial charge in [-0.3, -0.25) is 4.79 Å². The Bertz CT molecular complexity index is 614. The van der Waals surface area contributed by atoms with Gasteiger partial charge in [0.25, 0.3) is 0 Å². The normalized spacial score (nSPS) is 15.5. The minimum absolute atomic E-state index is 0.102. The number of nitrogens with zero attached hydrogens (tertiary/aromatic N) is 3. The van der Waals surface area contributed by atoms with E-state index >= 15 is 0 Å². The molecule has 0 saturated carbocycles. The molecule has 1 aromatic heterocycles. The molecule has 1 aliphatic heterocycles. The summed E-state index contributed by atoms with van der Waals surface area (Å²) in [5.74, 6) is 1.62. The summed E-state index contributed by atoms with van der Waals surface area (Å²) in [6.07, 6.45) is 2.00. The summed E-state index contributed by atoms with van der Waals surface area (Å²) in [6, 6.07) is 6.47. The molecule has 0 atom stereocenters. The molecule has 2 heterocycles. The number of amides is 1. The number of aliphatic imine (C=N–C) groups is 1. The van der Waals surface area contributed by atoms with Gasteiger partial charge in [-0.05, 0) is 38.8 Å². The minimum Gasteiger partial charge on any atom is -0.383 e. The minimum atomic E-state index is -0.107. The largest absolute Gasteiger partial charge is 0.383 e. The maximum atomic E-state index is 11.8. The van der Waals surface area contributed by atoms with Crippen molar-refractivity contribution in [3.63, 3.8) is 0 Å². The van der Waals surface area contributed by atoms with Gasteiger partial charge in [0.05, 0.1) is 6.61 Å².